The average Bonchev–Trinajstić information content (AvgIpc) is 3.06. The van der Waals surface area contributed by atoms with E-state index in [4.69, 9.17) is 14.6 Å². The summed E-state index contributed by atoms with van der Waals surface area (Å²) in [6.07, 6.45) is -6.99. The van der Waals surface area contributed by atoms with Crippen LogP contribution in [0, 0.1) is 6.92 Å². The first kappa shape index (κ1) is 33.8. The van der Waals surface area contributed by atoms with Crippen molar-refractivity contribution in [3.8, 4) is 33.8 Å². The first-order chi connectivity index (χ1) is 22.8. The molecule has 0 heterocycles. The lowest BCUT2D eigenvalue weighted by molar-refractivity contribution is -0.139. The van der Waals surface area contributed by atoms with E-state index in [1.54, 1.807) is 25.1 Å². The van der Waals surface area contributed by atoms with Gasteiger partial charge in [0.1, 0.15) is 18.1 Å². The molecule has 0 unspecified atom stereocenters. The molecule has 0 aliphatic carbocycles. The quantitative estimate of drug-likeness (QED) is 0.151. The van der Waals surface area contributed by atoms with E-state index in [1.807, 2.05) is 54.6 Å². The topological polar surface area (TPSA) is 55.8 Å². The van der Waals surface area contributed by atoms with Crippen molar-refractivity contribution in [2.75, 3.05) is 13.2 Å². The number of rotatable bonds is 10. The predicted molar refractivity (Wildman–Crippen MR) is 171 cm³/mol. The molecular formula is C38H28F6O4. The fourth-order valence-corrected chi connectivity index (χ4v) is 5.02. The Kier molecular flexibility index (Phi) is 9.93. The van der Waals surface area contributed by atoms with E-state index in [0.29, 0.717) is 28.2 Å². The Bertz CT molecular complexity index is 1790. The van der Waals surface area contributed by atoms with Crippen LogP contribution < -0.4 is 9.47 Å². The maximum Gasteiger partial charge on any atom is 0.416 e. The molecule has 1 N–H and O–H groups in total. The lowest BCUT2D eigenvalue weighted by Gasteiger charge is -2.13. The van der Waals surface area contributed by atoms with Gasteiger partial charge >= 0.3 is 18.3 Å². The molecule has 0 amide bonds. The zero-order valence-corrected chi connectivity index (χ0v) is 25.4. The highest BCUT2D eigenvalue weighted by Gasteiger charge is 2.30. The molecule has 246 valence electrons. The Morgan fingerprint density at radius 1 is 0.625 bits per heavy atom. The maximum absolute atomic E-state index is 13.0. The molecule has 0 saturated carbocycles. The van der Waals surface area contributed by atoms with Crippen molar-refractivity contribution < 1.29 is 45.7 Å². The van der Waals surface area contributed by atoms with Crippen molar-refractivity contribution >= 4 is 11.5 Å². The number of hydrogen-bond donors (Lipinski definition) is 1. The molecular weight excluding hydrogens is 634 g/mol. The summed E-state index contributed by atoms with van der Waals surface area (Å²) in [7, 11) is 0. The molecule has 0 aromatic heterocycles. The number of halogens is 6. The van der Waals surface area contributed by atoms with Gasteiger partial charge in [-0.15, -0.1) is 0 Å². The molecule has 48 heavy (non-hydrogen) atoms. The van der Waals surface area contributed by atoms with Crippen LogP contribution in [0.15, 0.2) is 121 Å². The average molecular weight is 663 g/mol. The summed E-state index contributed by atoms with van der Waals surface area (Å²) in [6, 6.07) is 29.5. The maximum atomic E-state index is 13.0. The zero-order valence-electron chi connectivity index (χ0n) is 25.4. The highest BCUT2D eigenvalue weighted by molar-refractivity contribution is 5.82. The summed E-state index contributed by atoms with van der Waals surface area (Å²) in [6.45, 7) is 1.44. The van der Waals surface area contributed by atoms with Crippen LogP contribution in [0.5, 0.6) is 11.5 Å². The molecule has 4 nitrogen and oxygen atoms in total. The van der Waals surface area contributed by atoms with Crippen LogP contribution in [0.2, 0.25) is 0 Å². The van der Waals surface area contributed by atoms with Crippen LogP contribution in [0.25, 0.3) is 27.8 Å². The number of carboxylic acid groups (broad SMARTS) is 1. The SMILES string of the molecule is Cc1cc(OCC=C(c2ccc(-c3ccc(C(F)(F)F)cc3)cc2)c2ccc(-c3ccc(C(F)(F)F)cc3)cc2)ccc1OCC(=O)O. The summed E-state index contributed by atoms with van der Waals surface area (Å²) in [5.74, 6) is -0.143. The number of benzene rings is 5. The van der Waals surface area contributed by atoms with Gasteiger partial charge in [0, 0.05) is 0 Å². The van der Waals surface area contributed by atoms with Gasteiger partial charge in [-0.3, -0.25) is 0 Å². The lowest BCUT2D eigenvalue weighted by atomic mass is 9.93. The Hall–Kier alpha value is -5.51. The Balaban J connectivity index is 1.41. The minimum Gasteiger partial charge on any atom is -0.489 e. The molecule has 5 aromatic carbocycles. The summed E-state index contributed by atoms with van der Waals surface area (Å²) in [5.41, 5.74) is 4.29. The minimum atomic E-state index is -4.43. The van der Waals surface area contributed by atoms with Gasteiger partial charge in [-0.1, -0.05) is 72.8 Å². The van der Waals surface area contributed by atoms with E-state index in [-0.39, 0.29) is 6.61 Å². The second kappa shape index (κ2) is 14.1. The van der Waals surface area contributed by atoms with Crippen molar-refractivity contribution in [1.82, 2.24) is 0 Å². The second-order valence-corrected chi connectivity index (χ2v) is 10.8. The molecule has 0 atom stereocenters. The third-order valence-electron chi connectivity index (χ3n) is 7.52. The van der Waals surface area contributed by atoms with Gasteiger partial charge in [0.2, 0.25) is 0 Å². The van der Waals surface area contributed by atoms with E-state index in [2.05, 4.69) is 0 Å². The van der Waals surface area contributed by atoms with E-state index in [0.717, 1.165) is 52.1 Å². The Labute approximate surface area is 272 Å². The largest absolute Gasteiger partial charge is 0.489 e. The second-order valence-electron chi connectivity index (χ2n) is 10.8. The van der Waals surface area contributed by atoms with Crippen LogP contribution in [0.4, 0.5) is 26.3 Å². The molecule has 0 saturated heterocycles. The van der Waals surface area contributed by atoms with Crippen molar-refractivity contribution in [3.63, 3.8) is 0 Å². The fraction of sp³-hybridized carbons (Fsp3) is 0.132. The van der Waals surface area contributed by atoms with Gasteiger partial charge in [0.15, 0.2) is 6.61 Å². The van der Waals surface area contributed by atoms with E-state index >= 15 is 0 Å². The fourth-order valence-electron chi connectivity index (χ4n) is 5.02. The summed E-state index contributed by atoms with van der Waals surface area (Å²) in [5, 5.41) is 8.86. The van der Waals surface area contributed by atoms with Gasteiger partial charge in [-0.05, 0) is 100.0 Å². The van der Waals surface area contributed by atoms with Crippen molar-refractivity contribution in [3.05, 3.63) is 149 Å². The molecule has 5 aromatic rings. The van der Waals surface area contributed by atoms with Crippen LogP contribution in [-0.4, -0.2) is 24.3 Å². The number of alkyl halides is 6. The van der Waals surface area contributed by atoms with E-state index in [9.17, 15) is 31.1 Å². The van der Waals surface area contributed by atoms with Gasteiger partial charge in [0.05, 0.1) is 11.1 Å². The number of carbonyl (C=O) groups is 1. The number of aryl methyl sites for hydroxylation is 1. The van der Waals surface area contributed by atoms with Gasteiger partial charge < -0.3 is 14.6 Å². The summed E-state index contributed by atoms with van der Waals surface area (Å²) < 4.78 is 89.4. The van der Waals surface area contributed by atoms with Crippen LogP contribution in [0.1, 0.15) is 27.8 Å². The molecule has 0 bridgehead atoms. The Morgan fingerprint density at radius 2 is 1.04 bits per heavy atom. The molecule has 0 spiro atoms. The molecule has 0 radical (unpaired) electrons. The molecule has 0 aliphatic heterocycles. The third-order valence-corrected chi connectivity index (χ3v) is 7.52. The van der Waals surface area contributed by atoms with Crippen LogP contribution >= 0.6 is 0 Å². The third kappa shape index (κ3) is 8.44. The van der Waals surface area contributed by atoms with Crippen LogP contribution in [-0.2, 0) is 17.1 Å². The lowest BCUT2D eigenvalue weighted by Crippen LogP contribution is -2.10. The monoisotopic (exact) mass is 662 g/mol. The zero-order chi connectivity index (χ0) is 34.5. The summed E-state index contributed by atoms with van der Waals surface area (Å²) in [4.78, 5) is 10.8. The normalized spacial score (nSPS) is 11.6. The molecule has 0 fully saturated rings. The molecule has 0 aliphatic rings. The van der Waals surface area contributed by atoms with Crippen molar-refractivity contribution in [2.24, 2.45) is 0 Å². The predicted octanol–water partition coefficient (Wildman–Crippen LogP) is 10.3. The highest BCUT2D eigenvalue weighted by atomic mass is 19.4. The van der Waals surface area contributed by atoms with Crippen molar-refractivity contribution in [2.45, 2.75) is 19.3 Å². The van der Waals surface area contributed by atoms with Gasteiger partial charge in [-0.2, -0.15) is 26.3 Å². The van der Waals surface area contributed by atoms with Gasteiger partial charge in [0.25, 0.3) is 0 Å². The first-order valence-corrected chi connectivity index (χ1v) is 14.6. The smallest absolute Gasteiger partial charge is 0.416 e. The number of carboxylic acids is 1. The Morgan fingerprint density at radius 3 is 1.42 bits per heavy atom. The standard InChI is InChI=1S/C38H28F6O4/c1-24-22-33(18-19-35(24)48-23-36(45)46)47-21-20-34(29-6-2-25(3-7-29)27-10-14-31(15-11-27)37(39,40)41)30-8-4-26(5-9-30)28-12-16-32(17-13-28)38(42,43)44/h2-20,22H,21,23H2,1H3,(H,45,46). The molecule has 5 rings (SSSR count). The number of ether oxygens (including phenoxy) is 2. The number of aliphatic carboxylic acids is 1. The van der Waals surface area contributed by atoms with E-state index < -0.39 is 36.1 Å². The van der Waals surface area contributed by atoms with Crippen LogP contribution in [0.3, 0.4) is 0 Å². The molecule has 10 heteroatoms. The van der Waals surface area contributed by atoms with E-state index in [1.165, 1.54) is 24.3 Å². The van der Waals surface area contributed by atoms with Gasteiger partial charge in [-0.25, -0.2) is 4.79 Å². The number of hydrogen-bond acceptors (Lipinski definition) is 3. The van der Waals surface area contributed by atoms with Crippen molar-refractivity contribution in [1.29, 1.82) is 0 Å². The highest BCUT2D eigenvalue weighted by Crippen LogP contribution is 2.34. The first-order valence-electron chi connectivity index (χ1n) is 14.6. The minimum absolute atomic E-state index is 0.144. The summed E-state index contributed by atoms with van der Waals surface area (Å²) >= 11 is 0.